The van der Waals surface area contributed by atoms with Crippen molar-refractivity contribution >= 4 is 17.2 Å². The van der Waals surface area contributed by atoms with E-state index in [0.717, 1.165) is 12.1 Å². The highest BCUT2D eigenvalue weighted by Crippen LogP contribution is 2.32. The van der Waals surface area contributed by atoms with E-state index in [1.165, 1.54) is 6.92 Å². The maximum atomic E-state index is 14.0. The van der Waals surface area contributed by atoms with E-state index in [1.54, 1.807) is 4.90 Å². The number of carbonyl (C=O) groups excluding carboxylic acids is 1. The highest BCUT2D eigenvalue weighted by Gasteiger charge is 2.24. The Labute approximate surface area is 115 Å². The minimum Gasteiger partial charge on any atom is -0.378 e. The first kappa shape index (κ1) is 14.4. The third-order valence-electron chi connectivity index (χ3n) is 3.13. The second-order valence-corrected chi connectivity index (χ2v) is 4.67. The average Bonchev–Trinajstić information content (AvgIpc) is 2.41. The summed E-state index contributed by atoms with van der Waals surface area (Å²) in [6, 6.07) is 2.29. The molecule has 0 bridgehead atoms. The predicted octanol–water partition coefficient (Wildman–Crippen LogP) is 1.70. The highest BCUT2D eigenvalue weighted by atomic mass is 19.1. The van der Waals surface area contributed by atoms with E-state index in [9.17, 15) is 19.3 Å². The summed E-state index contributed by atoms with van der Waals surface area (Å²) in [6.07, 6.45) is -0.143. The number of anilines is 1. The normalized spacial score (nSPS) is 15.2. The zero-order chi connectivity index (χ0) is 14.7. The first-order valence-electron chi connectivity index (χ1n) is 6.28. The van der Waals surface area contributed by atoms with E-state index in [0.29, 0.717) is 26.3 Å². The maximum Gasteiger partial charge on any atom is 0.293 e. The summed E-state index contributed by atoms with van der Waals surface area (Å²) in [4.78, 5) is 23.4. The number of halogens is 1. The second-order valence-electron chi connectivity index (χ2n) is 4.67. The van der Waals surface area contributed by atoms with Crippen molar-refractivity contribution in [2.24, 2.45) is 0 Å². The number of morpholine rings is 1. The molecule has 1 aliphatic rings. The number of nitro groups is 1. The molecular weight excluding hydrogens is 267 g/mol. The van der Waals surface area contributed by atoms with Crippen LogP contribution >= 0.6 is 0 Å². The van der Waals surface area contributed by atoms with Crippen LogP contribution in [0.25, 0.3) is 0 Å². The van der Waals surface area contributed by atoms with Crippen LogP contribution in [0, 0.1) is 15.9 Å². The van der Waals surface area contributed by atoms with Gasteiger partial charge in [0.1, 0.15) is 17.3 Å². The van der Waals surface area contributed by atoms with Gasteiger partial charge in [-0.25, -0.2) is 4.39 Å². The van der Waals surface area contributed by atoms with Crippen molar-refractivity contribution in [3.63, 3.8) is 0 Å². The molecular formula is C13H15FN2O4. The van der Waals surface area contributed by atoms with Crippen LogP contribution in [0.1, 0.15) is 12.5 Å². The molecule has 1 aromatic carbocycles. The van der Waals surface area contributed by atoms with Gasteiger partial charge in [-0.15, -0.1) is 0 Å². The zero-order valence-corrected chi connectivity index (χ0v) is 11.1. The van der Waals surface area contributed by atoms with Crippen LogP contribution in [0.3, 0.4) is 0 Å². The number of ketones is 1. The van der Waals surface area contributed by atoms with Crippen molar-refractivity contribution in [3.05, 3.63) is 33.6 Å². The third-order valence-corrected chi connectivity index (χ3v) is 3.13. The molecule has 1 saturated heterocycles. The summed E-state index contributed by atoms with van der Waals surface area (Å²) in [5.74, 6) is -0.829. The van der Waals surface area contributed by atoms with Crippen LogP contribution in [-0.4, -0.2) is 37.0 Å². The van der Waals surface area contributed by atoms with E-state index in [1.807, 2.05) is 0 Å². The molecule has 0 N–H and O–H groups in total. The third kappa shape index (κ3) is 3.11. The number of nitro benzene ring substituents is 1. The van der Waals surface area contributed by atoms with Gasteiger partial charge >= 0.3 is 0 Å². The Hall–Kier alpha value is -2.02. The number of carbonyl (C=O) groups is 1. The standard InChI is InChI=1S/C13H15FN2O4/c1-9(17)6-10-7-13(16(18)19)12(8-11(10)14)15-2-4-20-5-3-15/h7-8H,2-6H2,1H3. The largest absolute Gasteiger partial charge is 0.378 e. The molecule has 1 aromatic rings. The molecule has 108 valence electrons. The van der Waals surface area contributed by atoms with E-state index >= 15 is 0 Å². The van der Waals surface area contributed by atoms with Gasteiger partial charge in [-0.1, -0.05) is 0 Å². The predicted molar refractivity (Wildman–Crippen MR) is 70.5 cm³/mol. The minimum atomic E-state index is -0.590. The lowest BCUT2D eigenvalue weighted by Crippen LogP contribution is -2.36. The summed E-state index contributed by atoms with van der Waals surface area (Å²) in [7, 11) is 0. The Balaban J connectivity index is 2.42. The van der Waals surface area contributed by atoms with Crippen molar-refractivity contribution in [1.82, 2.24) is 0 Å². The summed E-state index contributed by atoms with van der Waals surface area (Å²) in [5.41, 5.74) is 0.119. The number of ether oxygens (including phenoxy) is 1. The fourth-order valence-corrected chi connectivity index (χ4v) is 2.20. The summed E-state index contributed by atoms with van der Waals surface area (Å²) < 4.78 is 19.2. The molecule has 6 nitrogen and oxygen atoms in total. The quantitative estimate of drug-likeness (QED) is 0.621. The van der Waals surface area contributed by atoms with Crippen molar-refractivity contribution < 1.29 is 18.8 Å². The van der Waals surface area contributed by atoms with Gasteiger partial charge in [0.15, 0.2) is 0 Å². The number of Topliss-reactive ketones (excluding diaryl/α,β-unsaturated/α-hetero) is 1. The van der Waals surface area contributed by atoms with Crippen LogP contribution in [0.2, 0.25) is 0 Å². The molecule has 0 aliphatic carbocycles. The zero-order valence-electron chi connectivity index (χ0n) is 11.1. The molecule has 7 heteroatoms. The number of nitrogens with zero attached hydrogens (tertiary/aromatic N) is 2. The van der Waals surface area contributed by atoms with Crippen LogP contribution in [0.15, 0.2) is 12.1 Å². The molecule has 1 heterocycles. The summed E-state index contributed by atoms with van der Waals surface area (Å²) in [5, 5.41) is 11.2. The van der Waals surface area contributed by atoms with E-state index in [-0.39, 0.29) is 29.1 Å². The lowest BCUT2D eigenvalue weighted by Gasteiger charge is -2.28. The Morgan fingerprint density at radius 2 is 2.10 bits per heavy atom. The van der Waals surface area contributed by atoms with Crippen molar-refractivity contribution in [1.29, 1.82) is 0 Å². The molecule has 1 aliphatic heterocycles. The molecule has 0 aromatic heterocycles. The summed E-state index contributed by atoms with van der Waals surface area (Å²) >= 11 is 0. The highest BCUT2D eigenvalue weighted by molar-refractivity contribution is 5.79. The van der Waals surface area contributed by atoms with E-state index < -0.39 is 10.7 Å². The number of rotatable bonds is 4. The lowest BCUT2D eigenvalue weighted by molar-refractivity contribution is -0.384. The Kier molecular flexibility index (Phi) is 4.29. The van der Waals surface area contributed by atoms with Crippen LogP contribution < -0.4 is 4.90 Å². The van der Waals surface area contributed by atoms with Crippen molar-refractivity contribution in [2.75, 3.05) is 31.2 Å². The monoisotopic (exact) mass is 282 g/mol. The van der Waals surface area contributed by atoms with Crippen molar-refractivity contribution in [3.8, 4) is 0 Å². The molecule has 0 atom stereocenters. The Bertz CT molecular complexity index is 541. The van der Waals surface area contributed by atoms with Crippen LogP contribution in [0.5, 0.6) is 0 Å². The van der Waals surface area contributed by atoms with Gasteiger partial charge in [0, 0.05) is 37.2 Å². The van der Waals surface area contributed by atoms with Crippen LogP contribution in [0.4, 0.5) is 15.8 Å². The van der Waals surface area contributed by atoms with Gasteiger partial charge < -0.3 is 9.64 Å². The van der Waals surface area contributed by atoms with Gasteiger partial charge in [0.05, 0.1) is 18.1 Å². The van der Waals surface area contributed by atoms with E-state index in [2.05, 4.69) is 0 Å². The molecule has 2 rings (SSSR count). The van der Waals surface area contributed by atoms with Crippen molar-refractivity contribution in [2.45, 2.75) is 13.3 Å². The maximum absolute atomic E-state index is 14.0. The molecule has 0 radical (unpaired) electrons. The lowest BCUT2D eigenvalue weighted by atomic mass is 10.1. The van der Waals surface area contributed by atoms with Crippen LogP contribution in [-0.2, 0) is 16.0 Å². The topological polar surface area (TPSA) is 72.7 Å². The second kappa shape index (κ2) is 5.96. The van der Waals surface area contributed by atoms with E-state index in [4.69, 9.17) is 4.74 Å². The molecule has 1 fully saturated rings. The molecule has 0 saturated carbocycles. The summed E-state index contributed by atoms with van der Waals surface area (Å²) in [6.45, 7) is 3.18. The van der Waals surface area contributed by atoms with Gasteiger partial charge in [-0.3, -0.25) is 14.9 Å². The van der Waals surface area contributed by atoms with Gasteiger partial charge in [0.25, 0.3) is 5.69 Å². The number of benzene rings is 1. The molecule has 0 unspecified atom stereocenters. The fourth-order valence-electron chi connectivity index (χ4n) is 2.20. The SMILES string of the molecule is CC(=O)Cc1cc([N+](=O)[O-])c(N2CCOCC2)cc1F. The molecule has 0 amide bonds. The first-order valence-corrected chi connectivity index (χ1v) is 6.28. The number of hydrogen-bond acceptors (Lipinski definition) is 5. The average molecular weight is 282 g/mol. The van der Waals surface area contributed by atoms with Gasteiger partial charge in [-0.05, 0) is 6.92 Å². The molecule has 20 heavy (non-hydrogen) atoms. The first-order chi connectivity index (χ1) is 9.49. The molecule has 0 spiro atoms. The smallest absolute Gasteiger partial charge is 0.293 e. The van der Waals surface area contributed by atoms with Gasteiger partial charge in [-0.2, -0.15) is 0 Å². The minimum absolute atomic E-state index is 0.0567. The Morgan fingerprint density at radius 1 is 1.45 bits per heavy atom. The Morgan fingerprint density at radius 3 is 2.65 bits per heavy atom. The number of hydrogen-bond donors (Lipinski definition) is 0. The fraction of sp³-hybridized carbons (Fsp3) is 0.462. The van der Waals surface area contributed by atoms with Gasteiger partial charge in [0.2, 0.25) is 0 Å².